The molecule has 4 unspecified atom stereocenters. The molecule has 13 heavy (non-hydrogen) atoms. The third-order valence-corrected chi connectivity index (χ3v) is 4.57. The first-order valence-corrected chi connectivity index (χ1v) is 6.10. The van der Waals surface area contributed by atoms with Crippen molar-refractivity contribution in [2.45, 2.75) is 60.3 Å². The first-order valence-electron chi connectivity index (χ1n) is 6.10. The topological polar surface area (TPSA) is 0 Å². The third-order valence-electron chi connectivity index (χ3n) is 4.57. The monoisotopic (exact) mass is 182 g/mol. The van der Waals surface area contributed by atoms with Gasteiger partial charge in [-0.2, -0.15) is 0 Å². The highest BCUT2D eigenvalue weighted by Gasteiger charge is 2.53. The van der Waals surface area contributed by atoms with Gasteiger partial charge in [-0.3, -0.25) is 0 Å². The van der Waals surface area contributed by atoms with Gasteiger partial charge in [-0.05, 0) is 29.6 Å². The Morgan fingerprint density at radius 2 is 1.85 bits per heavy atom. The predicted octanol–water partition coefficient (Wildman–Crippen LogP) is 4.49. The fourth-order valence-electron chi connectivity index (χ4n) is 3.34. The molecule has 0 bridgehead atoms. The van der Waals surface area contributed by atoms with Crippen LogP contribution < -0.4 is 0 Å². The van der Waals surface area contributed by atoms with Crippen LogP contribution >= 0.6 is 0 Å². The smallest absolute Gasteiger partial charge is 0.0264 e. The van der Waals surface area contributed by atoms with E-state index < -0.39 is 0 Å². The quantitative estimate of drug-likeness (QED) is 0.587. The van der Waals surface area contributed by atoms with Crippen molar-refractivity contribution in [1.29, 1.82) is 0 Å². The van der Waals surface area contributed by atoms with Gasteiger partial charge in [-0.1, -0.05) is 53.9 Å². The van der Waals surface area contributed by atoms with Gasteiger partial charge >= 0.3 is 0 Å². The van der Waals surface area contributed by atoms with Crippen LogP contribution in [0.2, 0.25) is 0 Å². The summed E-state index contributed by atoms with van der Waals surface area (Å²) >= 11 is 0. The lowest BCUT2D eigenvalue weighted by atomic mass is 9.76. The molecule has 0 spiro atoms. The van der Waals surface area contributed by atoms with Crippen molar-refractivity contribution in [3.8, 4) is 0 Å². The Kier molecular flexibility index (Phi) is 3.43. The van der Waals surface area contributed by atoms with Crippen LogP contribution in [0.4, 0.5) is 0 Å². The summed E-state index contributed by atoms with van der Waals surface area (Å²) in [6.45, 7) is 12.0. The second kappa shape index (κ2) is 4.02. The van der Waals surface area contributed by atoms with Crippen molar-refractivity contribution in [2.75, 3.05) is 0 Å². The minimum absolute atomic E-state index is 0.707. The summed E-state index contributed by atoms with van der Waals surface area (Å²) < 4.78 is 0. The highest BCUT2D eigenvalue weighted by atomic mass is 14.6. The van der Waals surface area contributed by atoms with Gasteiger partial charge in [0.15, 0.2) is 0 Å². The highest BCUT2D eigenvalue weighted by molar-refractivity contribution is 5.02. The van der Waals surface area contributed by atoms with E-state index in [2.05, 4.69) is 34.6 Å². The Balaban J connectivity index is 2.57. The van der Waals surface area contributed by atoms with Gasteiger partial charge < -0.3 is 0 Å². The van der Waals surface area contributed by atoms with E-state index >= 15 is 0 Å². The van der Waals surface area contributed by atoms with Gasteiger partial charge in [0, 0.05) is 0 Å². The summed E-state index contributed by atoms with van der Waals surface area (Å²) in [4.78, 5) is 0. The maximum absolute atomic E-state index is 2.52. The molecule has 0 heterocycles. The molecule has 0 heteroatoms. The molecule has 4 atom stereocenters. The van der Waals surface area contributed by atoms with E-state index in [0.717, 1.165) is 17.8 Å². The molecule has 78 valence electrons. The molecular weight excluding hydrogens is 156 g/mol. The van der Waals surface area contributed by atoms with Crippen LogP contribution in [0.5, 0.6) is 0 Å². The average Bonchev–Trinajstić information content (AvgIpc) is 2.78. The highest BCUT2D eigenvalue weighted by Crippen LogP contribution is 2.61. The fraction of sp³-hybridized carbons (Fsp3) is 1.00. The third kappa shape index (κ3) is 1.92. The van der Waals surface area contributed by atoms with Crippen LogP contribution in [0.15, 0.2) is 0 Å². The molecule has 0 aromatic carbocycles. The number of hydrogen-bond acceptors (Lipinski definition) is 0. The van der Waals surface area contributed by atoms with Crippen molar-refractivity contribution in [1.82, 2.24) is 0 Å². The molecular formula is C13H26. The summed E-state index contributed by atoms with van der Waals surface area (Å²) in [7, 11) is 0. The largest absolute Gasteiger partial charge is 0.0651 e. The van der Waals surface area contributed by atoms with Gasteiger partial charge in [0.05, 0.1) is 0 Å². The van der Waals surface area contributed by atoms with E-state index in [-0.39, 0.29) is 0 Å². The van der Waals surface area contributed by atoms with Crippen LogP contribution in [0.3, 0.4) is 0 Å². The number of hydrogen-bond donors (Lipinski definition) is 0. The standard InChI is InChI=1S/C13H26/c1-6-10(4)12(8-3)13(5)9-11(13)7-2/h10-12H,6-9H2,1-5H3. The maximum atomic E-state index is 2.52. The lowest BCUT2D eigenvalue weighted by Gasteiger charge is -2.29. The van der Waals surface area contributed by atoms with Crippen LogP contribution in [0, 0.1) is 23.2 Å². The van der Waals surface area contributed by atoms with E-state index in [1.54, 1.807) is 0 Å². The first-order chi connectivity index (χ1) is 6.10. The Morgan fingerprint density at radius 3 is 2.15 bits per heavy atom. The molecule has 0 N–H and O–H groups in total. The molecule has 0 aromatic heterocycles. The zero-order chi connectivity index (χ0) is 10.1. The van der Waals surface area contributed by atoms with E-state index in [0.29, 0.717) is 5.41 Å². The zero-order valence-electron chi connectivity index (χ0n) is 10.1. The van der Waals surface area contributed by atoms with Crippen molar-refractivity contribution in [3.63, 3.8) is 0 Å². The molecule has 0 radical (unpaired) electrons. The van der Waals surface area contributed by atoms with E-state index in [1.165, 1.54) is 25.7 Å². The molecule has 0 aromatic rings. The minimum Gasteiger partial charge on any atom is -0.0651 e. The van der Waals surface area contributed by atoms with Crippen molar-refractivity contribution in [3.05, 3.63) is 0 Å². The normalized spacial score (nSPS) is 37.2. The molecule has 0 nitrogen and oxygen atoms in total. The zero-order valence-corrected chi connectivity index (χ0v) is 10.1. The van der Waals surface area contributed by atoms with E-state index in [1.807, 2.05) is 0 Å². The van der Waals surface area contributed by atoms with Crippen LogP contribution in [0.1, 0.15) is 60.3 Å². The summed E-state index contributed by atoms with van der Waals surface area (Å²) in [5.41, 5.74) is 0.707. The Morgan fingerprint density at radius 1 is 1.23 bits per heavy atom. The van der Waals surface area contributed by atoms with Crippen molar-refractivity contribution >= 4 is 0 Å². The molecule has 0 amide bonds. The second-order valence-electron chi connectivity index (χ2n) is 5.22. The van der Waals surface area contributed by atoms with E-state index in [4.69, 9.17) is 0 Å². The van der Waals surface area contributed by atoms with Gasteiger partial charge in [0.1, 0.15) is 0 Å². The van der Waals surface area contributed by atoms with E-state index in [9.17, 15) is 0 Å². The van der Waals surface area contributed by atoms with Crippen LogP contribution in [-0.2, 0) is 0 Å². The fourth-order valence-corrected chi connectivity index (χ4v) is 3.34. The van der Waals surface area contributed by atoms with Gasteiger partial charge in [0.2, 0.25) is 0 Å². The maximum Gasteiger partial charge on any atom is -0.0264 e. The SMILES string of the molecule is CCC(C)C(CC)C1(C)CC1CC. The van der Waals surface area contributed by atoms with Crippen LogP contribution in [-0.4, -0.2) is 0 Å². The molecule has 1 aliphatic carbocycles. The average molecular weight is 182 g/mol. The van der Waals surface area contributed by atoms with Crippen molar-refractivity contribution in [2.24, 2.45) is 23.2 Å². The lowest BCUT2D eigenvalue weighted by molar-refractivity contribution is 0.203. The van der Waals surface area contributed by atoms with Gasteiger partial charge in [-0.25, -0.2) is 0 Å². The summed E-state index contributed by atoms with van der Waals surface area (Å²) in [5, 5.41) is 0. The summed E-state index contributed by atoms with van der Waals surface area (Å²) in [6.07, 6.45) is 5.61. The predicted molar refractivity (Wildman–Crippen MR) is 59.7 cm³/mol. The second-order valence-corrected chi connectivity index (χ2v) is 5.22. The Bertz CT molecular complexity index is 161. The Labute approximate surface area is 84.1 Å². The van der Waals surface area contributed by atoms with Crippen LogP contribution in [0.25, 0.3) is 0 Å². The molecule has 1 fully saturated rings. The molecule has 1 aliphatic rings. The lowest BCUT2D eigenvalue weighted by Crippen LogP contribution is -2.21. The molecule has 1 rings (SSSR count). The summed E-state index contributed by atoms with van der Waals surface area (Å²) in [6, 6.07) is 0. The summed E-state index contributed by atoms with van der Waals surface area (Å²) in [5.74, 6) is 2.93. The number of rotatable bonds is 5. The minimum atomic E-state index is 0.707. The molecule has 0 aliphatic heterocycles. The Hall–Kier alpha value is 0. The molecule has 0 saturated heterocycles. The van der Waals surface area contributed by atoms with Gasteiger partial charge in [0.25, 0.3) is 0 Å². The van der Waals surface area contributed by atoms with Crippen molar-refractivity contribution < 1.29 is 0 Å². The molecule has 1 saturated carbocycles. The van der Waals surface area contributed by atoms with Gasteiger partial charge in [-0.15, -0.1) is 0 Å². The first kappa shape index (κ1) is 11.1.